The Hall–Kier alpha value is -1.98. The van der Waals surface area contributed by atoms with Crippen LogP contribution in [0.1, 0.15) is 26.5 Å². The second-order valence-corrected chi connectivity index (χ2v) is 4.99. The highest BCUT2D eigenvalue weighted by Crippen LogP contribution is 2.01. The van der Waals surface area contributed by atoms with Crippen molar-refractivity contribution in [1.29, 1.82) is 0 Å². The molecule has 6 nitrogen and oxygen atoms in total. The number of nitrogens with one attached hydrogen (secondary N) is 1. The van der Waals surface area contributed by atoms with Crippen molar-refractivity contribution in [1.82, 2.24) is 15.1 Å². The van der Waals surface area contributed by atoms with Gasteiger partial charge in [-0.1, -0.05) is 0 Å². The largest absolute Gasteiger partial charge is 0.469 e. The van der Waals surface area contributed by atoms with Gasteiger partial charge in [-0.15, -0.1) is 0 Å². The molecular formula is C16H28N4O2. The molecule has 1 aromatic heterocycles. The summed E-state index contributed by atoms with van der Waals surface area (Å²) in [7, 11) is 1.88. The molecule has 0 fully saturated rings. The Morgan fingerprint density at radius 1 is 1.32 bits per heavy atom. The van der Waals surface area contributed by atoms with Crippen LogP contribution in [0.4, 0.5) is 0 Å². The molecule has 0 aliphatic rings. The van der Waals surface area contributed by atoms with Crippen molar-refractivity contribution < 1.29 is 9.21 Å². The minimum absolute atomic E-state index is 0.115. The summed E-state index contributed by atoms with van der Waals surface area (Å²) in [5, 5.41) is 3.22. The van der Waals surface area contributed by atoms with E-state index in [1.807, 2.05) is 49.8 Å². The lowest BCUT2D eigenvalue weighted by molar-refractivity contribution is -0.131. The van der Waals surface area contributed by atoms with Gasteiger partial charge >= 0.3 is 0 Å². The second kappa shape index (κ2) is 9.87. The summed E-state index contributed by atoms with van der Waals surface area (Å²) in [4.78, 5) is 20.4. The molecule has 1 amide bonds. The molecule has 1 rings (SSSR count). The number of hydrogen-bond acceptors (Lipinski definition) is 3. The van der Waals surface area contributed by atoms with E-state index in [9.17, 15) is 4.79 Å². The van der Waals surface area contributed by atoms with Crippen LogP contribution in [0, 0.1) is 0 Å². The highest BCUT2D eigenvalue weighted by Gasteiger charge is 2.14. The normalized spacial score (nSPS) is 11.4. The van der Waals surface area contributed by atoms with Gasteiger partial charge < -0.3 is 19.5 Å². The molecule has 22 heavy (non-hydrogen) atoms. The zero-order valence-corrected chi connectivity index (χ0v) is 14.1. The smallest absolute Gasteiger partial charge is 0.242 e. The van der Waals surface area contributed by atoms with Crippen molar-refractivity contribution in [3.63, 3.8) is 0 Å². The molecule has 0 unspecified atom stereocenters. The third-order valence-electron chi connectivity index (χ3n) is 3.38. The maximum atomic E-state index is 12.2. The third kappa shape index (κ3) is 5.79. The number of hydrogen-bond donors (Lipinski definition) is 1. The predicted molar refractivity (Wildman–Crippen MR) is 88.9 cm³/mol. The number of rotatable bonds is 8. The molecule has 1 heterocycles. The Morgan fingerprint density at radius 2 is 2.05 bits per heavy atom. The number of furan rings is 1. The Kier molecular flexibility index (Phi) is 8.10. The van der Waals surface area contributed by atoms with E-state index in [4.69, 9.17) is 4.42 Å². The summed E-state index contributed by atoms with van der Waals surface area (Å²) in [5.41, 5.74) is 0. The molecule has 0 saturated heterocycles. The lowest BCUT2D eigenvalue weighted by Gasteiger charge is -2.25. The van der Waals surface area contributed by atoms with Gasteiger partial charge in [0.1, 0.15) is 5.76 Å². The van der Waals surface area contributed by atoms with Gasteiger partial charge in [-0.3, -0.25) is 9.79 Å². The molecular weight excluding hydrogens is 280 g/mol. The van der Waals surface area contributed by atoms with Crippen LogP contribution in [-0.4, -0.2) is 61.4 Å². The fourth-order valence-corrected chi connectivity index (χ4v) is 2.15. The van der Waals surface area contributed by atoms with Gasteiger partial charge in [-0.2, -0.15) is 0 Å². The van der Waals surface area contributed by atoms with Crippen molar-refractivity contribution in [2.24, 2.45) is 4.99 Å². The topological polar surface area (TPSA) is 61.1 Å². The molecule has 0 radical (unpaired) electrons. The lowest BCUT2D eigenvalue weighted by Crippen LogP contribution is -2.45. The average molecular weight is 308 g/mol. The van der Waals surface area contributed by atoms with Crippen LogP contribution in [0.2, 0.25) is 0 Å². The van der Waals surface area contributed by atoms with Crippen molar-refractivity contribution >= 4 is 11.9 Å². The molecule has 0 aliphatic carbocycles. The lowest BCUT2D eigenvalue weighted by atomic mass is 10.3. The van der Waals surface area contributed by atoms with Crippen LogP contribution >= 0.6 is 0 Å². The van der Waals surface area contributed by atoms with Crippen molar-refractivity contribution in [3.05, 3.63) is 24.2 Å². The van der Waals surface area contributed by atoms with Gasteiger partial charge in [0.2, 0.25) is 5.91 Å². The first kappa shape index (κ1) is 18.1. The van der Waals surface area contributed by atoms with E-state index in [0.717, 1.165) is 37.8 Å². The first-order valence-corrected chi connectivity index (χ1v) is 7.91. The van der Waals surface area contributed by atoms with Crippen LogP contribution in [0.5, 0.6) is 0 Å². The van der Waals surface area contributed by atoms with Gasteiger partial charge in [0, 0.05) is 39.6 Å². The summed E-state index contributed by atoms with van der Waals surface area (Å²) in [5.74, 6) is 1.78. The summed E-state index contributed by atoms with van der Waals surface area (Å²) in [6.07, 6.45) is 2.42. The molecule has 0 bridgehead atoms. The van der Waals surface area contributed by atoms with E-state index < -0.39 is 0 Å². The van der Waals surface area contributed by atoms with Crippen molar-refractivity contribution in [3.8, 4) is 0 Å². The van der Waals surface area contributed by atoms with Crippen molar-refractivity contribution in [2.75, 3.05) is 39.8 Å². The van der Waals surface area contributed by atoms with Crippen molar-refractivity contribution in [2.45, 2.75) is 27.2 Å². The van der Waals surface area contributed by atoms with E-state index in [1.54, 1.807) is 6.26 Å². The van der Waals surface area contributed by atoms with Gasteiger partial charge in [-0.05, 0) is 32.9 Å². The second-order valence-electron chi connectivity index (χ2n) is 4.99. The Bertz CT molecular complexity index is 453. The molecule has 0 atom stereocenters. The van der Waals surface area contributed by atoms with E-state index in [1.165, 1.54) is 0 Å². The number of carbonyl (C=O) groups excluding carboxylic acids is 1. The van der Waals surface area contributed by atoms with E-state index in [2.05, 4.69) is 10.3 Å². The quantitative estimate of drug-likeness (QED) is 0.585. The molecule has 0 aliphatic heterocycles. The molecule has 1 aromatic rings. The summed E-state index contributed by atoms with van der Waals surface area (Å²) >= 11 is 0. The van der Waals surface area contributed by atoms with Crippen LogP contribution in [0.3, 0.4) is 0 Å². The van der Waals surface area contributed by atoms with Gasteiger partial charge in [0.15, 0.2) is 5.96 Å². The fourth-order valence-electron chi connectivity index (χ4n) is 2.15. The first-order valence-electron chi connectivity index (χ1n) is 7.91. The number of guanidine groups is 1. The Morgan fingerprint density at radius 3 is 2.59 bits per heavy atom. The molecule has 0 aromatic carbocycles. The standard InChI is InChI=1S/C16H28N4O2/c1-5-17-16(18-11-10-14-9-8-12-22-14)19(4)13-15(21)20(6-2)7-3/h8-9,12H,5-7,10-11,13H2,1-4H3,(H,17,18). The number of nitrogens with zero attached hydrogens (tertiary/aromatic N) is 3. The molecule has 0 saturated carbocycles. The molecule has 1 N–H and O–H groups in total. The van der Waals surface area contributed by atoms with Crippen LogP contribution in [-0.2, 0) is 11.2 Å². The first-order chi connectivity index (χ1) is 10.6. The highest BCUT2D eigenvalue weighted by molar-refractivity contribution is 5.86. The number of carbonyl (C=O) groups is 1. The Balaban J connectivity index is 2.58. The van der Waals surface area contributed by atoms with Crippen LogP contribution in [0.15, 0.2) is 27.8 Å². The van der Waals surface area contributed by atoms with Gasteiger partial charge in [0.25, 0.3) is 0 Å². The summed E-state index contributed by atoms with van der Waals surface area (Å²) in [6.45, 7) is 9.18. The maximum absolute atomic E-state index is 12.2. The van der Waals surface area contributed by atoms with Gasteiger partial charge in [-0.25, -0.2) is 0 Å². The predicted octanol–water partition coefficient (Wildman–Crippen LogP) is 1.59. The number of likely N-dealkylation sites (N-methyl/N-ethyl adjacent to an activating group) is 2. The van der Waals surface area contributed by atoms with E-state index >= 15 is 0 Å². The van der Waals surface area contributed by atoms with Crippen LogP contribution < -0.4 is 5.32 Å². The fraction of sp³-hybridized carbons (Fsp3) is 0.625. The van der Waals surface area contributed by atoms with Crippen LogP contribution in [0.25, 0.3) is 0 Å². The molecule has 124 valence electrons. The zero-order chi connectivity index (χ0) is 16.4. The van der Waals surface area contributed by atoms with E-state index in [0.29, 0.717) is 13.1 Å². The monoisotopic (exact) mass is 308 g/mol. The van der Waals surface area contributed by atoms with E-state index in [-0.39, 0.29) is 5.91 Å². The highest BCUT2D eigenvalue weighted by atomic mass is 16.3. The average Bonchev–Trinajstić information content (AvgIpc) is 3.00. The third-order valence-corrected chi connectivity index (χ3v) is 3.38. The number of aliphatic imine (C=N–C) groups is 1. The molecule has 0 spiro atoms. The molecule has 6 heteroatoms. The maximum Gasteiger partial charge on any atom is 0.242 e. The van der Waals surface area contributed by atoms with Gasteiger partial charge in [0.05, 0.1) is 12.8 Å². The summed E-state index contributed by atoms with van der Waals surface area (Å²) < 4.78 is 5.30. The minimum atomic E-state index is 0.115. The summed E-state index contributed by atoms with van der Waals surface area (Å²) in [6, 6.07) is 3.81. The Labute approximate surface area is 133 Å². The zero-order valence-electron chi connectivity index (χ0n) is 14.1. The number of amides is 1. The SMILES string of the molecule is CCNC(=NCCc1ccco1)N(C)CC(=O)N(CC)CC. The minimum Gasteiger partial charge on any atom is -0.469 e.